The minimum Gasteiger partial charge on any atom is -0.309 e. The SMILES string of the molecule is CN(C)CCCON. The molecule has 50 valence electrons. The van der Waals surface area contributed by atoms with Gasteiger partial charge in [0.2, 0.25) is 0 Å². The van der Waals surface area contributed by atoms with Crippen LogP contribution in [0.15, 0.2) is 0 Å². The molecule has 0 heterocycles. The van der Waals surface area contributed by atoms with E-state index in [0.29, 0.717) is 6.61 Å². The van der Waals surface area contributed by atoms with Crippen LogP contribution in [0.1, 0.15) is 6.42 Å². The zero-order valence-electron chi connectivity index (χ0n) is 5.55. The van der Waals surface area contributed by atoms with Gasteiger partial charge in [0.15, 0.2) is 0 Å². The van der Waals surface area contributed by atoms with E-state index in [4.69, 9.17) is 5.90 Å². The van der Waals surface area contributed by atoms with Gasteiger partial charge in [-0.1, -0.05) is 0 Å². The largest absolute Gasteiger partial charge is 0.309 e. The van der Waals surface area contributed by atoms with Crippen LogP contribution in [0, 0.1) is 0 Å². The maximum absolute atomic E-state index is 4.80. The summed E-state index contributed by atoms with van der Waals surface area (Å²) in [6, 6.07) is 0. The third kappa shape index (κ3) is 5.88. The summed E-state index contributed by atoms with van der Waals surface area (Å²) in [7, 11) is 4.05. The van der Waals surface area contributed by atoms with E-state index in [1.165, 1.54) is 0 Å². The lowest BCUT2D eigenvalue weighted by atomic mass is 10.4. The van der Waals surface area contributed by atoms with Crippen LogP contribution < -0.4 is 5.90 Å². The van der Waals surface area contributed by atoms with E-state index in [0.717, 1.165) is 13.0 Å². The van der Waals surface area contributed by atoms with Crippen molar-refractivity contribution in [3.8, 4) is 0 Å². The first-order valence-electron chi connectivity index (χ1n) is 2.74. The third-order valence-corrected chi connectivity index (χ3v) is 0.868. The molecule has 0 bridgehead atoms. The number of hydrogen-bond donors (Lipinski definition) is 1. The molecule has 0 aliphatic rings. The summed E-state index contributed by atoms with van der Waals surface area (Å²) < 4.78 is 0. The molecular formula is C5H14N2O. The van der Waals surface area contributed by atoms with Crippen molar-refractivity contribution in [3.05, 3.63) is 0 Å². The summed E-state index contributed by atoms with van der Waals surface area (Å²) in [5.41, 5.74) is 0. The maximum atomic E-state index is 4.80. The fraction of sp³-hybridized carbons (Fsp3) is 1.00. The van der Waals surface area contributed by atoms with Gasteiger partial charge in [0, 0.05) is 0 Å². The molecule has 0 aromatic heterocycles. The summed E-state index contributed by atoms with van der Waals surface area (Å²) in [5.74, 6) is 4.80. The number of rotatable bonds is 4. The molecule has 0 atom stereocenters. The molecular weight excluding hydrogens is 104 g/mol. The van der Waals surface area contributed by atoms with Crippen LogP contribution in [0.2, 0.25) is 0 Å². The topological polar surface area (TPSA) is 38.5 Å². The fourth-order valence-corrected chi connectivity index (χ4v) is 0.464. The van der Waals surface area contributed by atoms with E-state index in [9.17, 15) is 0 Å². The zero-order valence-corrected chi connectivity index (χ0v) is 5.55. The second-order valence-electron chi connectivity index (χ2n) is 2.03. The van der Waals surface area contributed by atoms with Crippen molar-refractivity contribution in [3.63, 3.8) is 0 Å². The molecule has 0 aromatic carbocycles. The number of hydrogen-bond acceptors (Lipinski definition) is 3. The molecule has 0 radical (unpaired) electrons. The van der Waals surface area contributed by atoms with Gasteiger partial charge in [-0.2, -0.15) is 0 Å². The lowest BCUT2D eigenvalue weighted by molar-refractivity contribution is 0.129. The summed E-state index contributed by atoms with van der Waals surface area (Å²) >= 11 is 0. The molecule has 2 N–H and O–H groups in total. The van der Waals surface area contributed by atoms with Crippen LogP contribution in [0.25, 0.3) is 0 Å². The highest BCUT2D eigenvalue weighted by Crippen LogP contribution is 1.80. The molecule has 0 saturated carbocycles. The first-order chi connectivity index (χ1) is 3.77. The molecule has 0 spiro atoms. The van der Waals surface area contributed by atoms with Crippen molar-refractivity contribution < 1.29 is 4.84 Å². The Morgan fingerprint density at radius 1 is 1.50 bits per heavy atom. The smallest absolute Gasteiger partial charge is 0.0691 e. The van der Waals surface area contributed by atoms with Crippen molar-refractivity contribution in [2.45, 2.75) is 6.42 Å². The van der Waals surface area contributed by atoms with E-state index in [1.54, 1.807) is 0 Å². The van der Waals surface area contributed by atoms with Crippen LogP contribution >= 0.6 is 0 Å². The first kappa shape index (κ1) is 7.88. The van der Waals surface area contributed by atoms with Crippen molar-refractivity contribution >= 4 is 0 Å². The Bertz CT molecular complexity index is 47.7. The fourth-order valence-electron chi connectivity index (χ4n) is 0.464. The molecule has 0 aliphatic heterocycles. The predicted octanol–water partition coefficient (Wildman–Crippen LogP) is -0.172. The standard InChI is InChI=1S/C5H14N2O/c1-7(2)4-3-5-8-6/h3-6H2,1-2H3. The Hall–Kier alpha value is -0.120. The van der Waals surface area contributed by atoms with Gasteiger partial charge in [0.05, 0.1) is 6.61 Å². The minimum atomic E-state index is 0.651. The zero-order chi connectivity index (χ0) is 6.41. The van der Waals surface area contributed by atoms with Gasteiger partial charge in [-0.15, -0.1) is 0 Å². The lowest BCUT2D eigenvalue weighted by Crippen LogP contribution is -2.15. The molecule has 8 heavy (non-hydrogen) atoms. The summed E-state index contributed by atoms with van der Waals surface area (Å²) in [6.45, 7) is 1.69. The summed E-state index contributed by atoms with van der Waals surface area (Å²) in [5, 5.41) is 0. The highest BCUT2D eigenvalue weighted by Gasteiger charge is 1.87. The predicted molar refractivity (Wildman–Crippen MR) is 33.3 cm³/mol. The van der Waals surface area contributed by atoms with E-state index < -0.39 is 0 Å². The van der Waals surface area contributed by atoms with Gasteiger partial charge in [0.1, 0.15) is 0 Å². The van der Waals surface area contributed by atoms with E-state index in [1.807, 2.05) is 14.1 Å². The average Bonchev–Trinajstić information content (AvgIpc) is 1.66. The Morgan fingerprint density at radius 2 is 2.12 bits per heavy atom. The van der Waals surface area contributed by atoms with Crippen LogP contribution in [0.5, 0.6) is 0 Å². The Balaban J connectivity index is 2.72. The Labute approximate surface area is 50.4 Å². The average molecular weight is 118 g/mol. The molecule has 0 unspecified atom stereocenters. The second kappa shape index (κ2) is 5.03. The molecule has 0 fully saturated rings. The molecule has 0 rings (SSSR count). The number of nitrogens with zero attached hydrogens (tertiary/aromatic N) is 1. The quantitative estimate of drug-likeness (QED) is 0.411. The van der Waals surface area contributed by atoms with E-state index in [2.05, 4.69) is 9.74 Å². The third-order valence-electron chi connectivity index (χ3n) is 0.868. The van der Waals surface area contributed by atoms with Gasteiger partial charge in [-0.3, -0.25) is 0 Å². The molecule has 0 amide bonds. The van der Waals surface area contributed by atoms with Gasteiger partial charge in [-0.05, 0) is 27.1 Å². The van der Waals surface area contributed by atoms with Crippen molar-refractivity contribution in [2.75, 3.05) is 27.2 Å². The van der Waals surface area contributed by atoms with E-state index >= 15 is 0 Å². The minimum absolute atomic E-state index is 0.651. The highest BCUT2D eigenvalue weighted by atomic mass is 16.6. The van der Waals surface area contributed by atoms with Crippen molar-refractivity contribution in [2.24, 2.45) is 5.90 Å². The van der Waals surface area contributed by atoms with Crippen molar-refractivity contribution in [1.82, 2.24) is 4.90 Å². The number of nitrogens with two attached hydrogens (primary N) is 1. The summed E-state index contributed by atoms with van der Waals surface area (Å²) in [6.07, 6.45) is 1.00. The molecule has 0 saturated heterocycles. The molecule has 0 aromatic rings. The van der Waals surface area contributed by atoms with Crippen molar-refractivity contribution in [1.29, 1.82) is 0 Å². The van der Waals surface area contributed by atoms with Gasteiger partial charge in [0.25, 0.3) is 0 Å². The maximum Gasteiger partial charge on any atom is 0.0691 e. The Morgan fingerprint density at radius 3 is 2.50 bits per heavy atom. The van der Waals surface area contributed by atoms with E-state index in [-0.39, 0.29) is 0 Å². The van der Waals surface area contributed by atoms with Gasteiger partial charge >= 0.3 is 0 Å². The normalized spacial score (nSPS) is 10.5. The van der Waals surface area contributed by atoms with Crippen LogP contribution in [-0.2, 0) is 4.84 Å². The highest BCUT2D eigenvalue weighted by molar-refractivity contribution is 4.40. The first-order valence-corrected chi connectivity index (χ1v) is 2.74. The van der Waals surface area contributed by atoms with Crippen LogP contribution in [-0.4, -0.2) is 32.1 Å². The molecule has 3 heteroatoms. The summed E-state index contributed by atoms with van der Waals surface area (Å²) in [4.78, 5) is 6.46. The molecule has 3 nitrogen and oxygen atoms in total. The monoisotopic (exact) mass is 118 g/mol. The Kier molecular flexibility index (Phi) is 4.95. The second-order valence-corrected chi connectivity index (χ2v) is 2.03. The van der Waals surface area contributed by atoms with Gasteiger partial charge in [-0.25, -0.2) is 5.90 Å². The van der Waals surface area contributed by atoms with Crippen LogP contribution in [0.3, 0.4) is 0 Å². The molecule has 0 aliphatic carbocycles. The van der Waals surface area contributed by atoms with Crippen LogP contribution in [0.4, 0.5) is 0 Å². The van der Waals surface area contributed by atoms with Gasteiger partial charge < -0.3 is 9.74 Å². The lowest BCUT2D eigenvalue weighted by Gasteiger charge is -2.06.